The molecule has 1 rings (SSSR count). The van der Waals surface area contributed by atoms with E-state index in [1.165, 1.54) is 12.0 Å². The first-order valence-corrected chi connectivity index (χ1v) is 7.32. The van der Waals surface area contributed by atoms with Crippen molar-refractivity contribution in [2.45, 2.75) is 13.0 Å². The third kappa shape index (κ3) is 6.89. The van der Waals surface area contributed by atoms with E-state index in [1.807, 2.05) is 25.2 Å². The van der Waals surface area contributed by atoms with E-state index in [9.17, 15) is 0 Å². The summed E-state index contributed by atoms with van der Waals surface area (Å²) in [4.78, 5) is 4.54. The predicted octanol–water partition coefficient (Wildman–Crippen LogP) is 1.67. The molecule has 1 N–H and O–H groups in total. The van der Waals surface area contributed by atoms with Gasteiger partial charge in [0.25, 0.3) is 0 Å². The van der Waals surface area contributed by atoms with Crippen molar-refractivity contribution in [1.82, 2.24) is 15.1 Å². The average Bonchev–Trinajstić information content (AvgIpc) is 2.40. The molecule has 0 aliphatic heterocycles. The van der Waals surface area contributed by atoms with Crippen molar-refractivity contribution in [3.05, 3.63) is 29.8 Å². The van der Waals surface area contributed by atoms with Gasteiger partial charge in [0.15, 0.2) is 0 Å². The lowest BCUT2D eigenvalue weighted by Gasteiger charge is -2.19. The molecule has 0 spiro atoms. The third-order valence-corrected chi connectivity index (χ3v) is 3.22. The zero-order chi connectivity index (χ0) is 14.8. The molecule has 1 aromatic rings. The standard InChI is InChI=1S/C16H29N3O/c1-17-14-15-8-5-6-9-16(15)20-13-12-19(4)11-7-10-18(2)3/h5-6,8-9,17H,7,10-14H2,1-4H3. The van der Waals surface area contributed by atoms with Crippen LogP contribution in [0.1, 0.15) is 12.0 Å². The lowest BCUT2D eigenvalue weighted by atomic mass is 10.2. The molecule has 0 saturated carbocycles. The van der Waals surface area contributed by atoms with Gasteiger partial charge < -0.3 is 19.9 Å². The zero-order valence-electron chi connectivity index (χ0n) is 13.4. The number of ether oxygens (including phenoxy) is 1. The van der Waals surface area contributed by atoms with E-state index in [4.69, 9.17) is 4.74 Å². The van der Waals surface area contributed by atoms with Gasteiger partial charge in [0.05, 0.1) is 0 Å². The number of nitrogens with one attached hydrogen (secondary N) is 1. The molecule has 4 nitrogen and oxygen atoms in total. The fourth-order valence-corrected chi connectivity index (χ4v) is 2.06. The minimum atomic E-state index is 0.735. The van der Waals surface area contributed by atoms with Crippen molar-refractivity contribution >= 4 is 0 Å². The smallest absolute Gasteiger partial charge is 0.123 e. The zero-order valence-corrected chi connectivity index (χ0v) is 13.4. The van der Waals surface area contributed by atoms with E-state index in [1.54, 1.807) is 0 Å². The summed E-state index contributed by atoms with van der Waals surface area (Å²) in [6, 6.07) is 8.22. The van der Waals surface area contributed by atoms with Crippen LogP contribution in [0.15, 0.2) is 24.3 Å². The largest absolute Gasteiger partial charge is 0.492 e. The Bertz CT molecular complexity index is 368. The van der Waals surface area contributed by atoms with Gasteiger partial charge in [0, 0.05) is 18.7 Å². The van der Waals surface area contributed by atoms with E-state index < -0.39 is 0 Å². The van der Waals surface area contributed by atoms with Gasteiger partial charge in [-0.1, -0.05) is 18.2 Å². The minimum absolute atomic E-state index is 0.735. The molecule has 0 aromatic heterocycles. The second kappa shape index (κ2) is 9.75. The summed E-state index contributed by atoms with van der Waals surface area (Å²) in [6.07, 6.45) is 1.19. The molecule has 0 radical (unpaired) electrons. The van der Waals surface area contributed by atoms with Crippen LogP contribution in [0.3, 0.4) is 0 Å². The Labute approximate surface area is 123 Å². The first-order chi connectivity index (χ1) is 9.63. The van der Waals surface area contributed by atoms with Gasteiger partial charge in [-0.2, -0.15) is 0 Å². The number of rotatable bonds is 10. The molecule has 0 saturated heterocycles. The van der Waals surface area contributed by atoms with E-state index in [-0.39, 0.29) is 0 Å². The highest BCUT2D eigenvalue weighted by Crippen LogP contribution is 2.17. The van der Waals surface area contributed by atoms with Crippen molar-refractivity contribution in [2.75, 3.05) is 54.4 Å². The Balaban J connectivity index is 2.26. The highest BCUT2D eigenvalue weighted by Gasteiger charge is 2.03. The maximum absolute atomic E-state index is 5.90. The Morgan fingerprint density at radius 1 is 1.05 bits per heavy atom. The number of hydrogen-bond acceptors (Lipinski definition) is 4. The second-order valence-electron chi connectivity index (χ2n) is 5.45. The molecule has 0 aliphatic rings. The van der Waals surface area contributed by atoms with Crippen LogP contribution in [0, 0.1) is 0 Å². The summed E-state index contributed by atoms with van der Waals surface area (Å²) in [6.45, 7) is 4.78. The van der Waals surface area contributed by atoms with Crippen LogP contribution in [0.5, 0.6) is 5.75 Å². The van der Waals surface area contributed by atoms with Gasteiger partial charge >= 0.3 is 0 Å². The number of nitrogens with zero attached hydrogens (tertiary/aromatic N) is 2. The monoisotopic (exact) mass is 279 g/mol. The van der Waals surface area contributed by atoms with E-state index in [0.717, 1.165) is 38.5 Å². The molecular formula is C16H29N3O. The normalized spacial score (nSPS) is 11.3. The molecule has 20 heavy (non-hydrogen) atoms. The highest BCUT2D eigenvalue weighted by atomic mass is 16.5. The second-order valence-corrected chi connectivity index (χ2v) is 5.45. The van der Waals surface area contributed by atoms with Crippen LogP contribution < -0.4 is 10.1 Å². The number of likely N-dealkylation sites (N-methyl/N-ethyl adjacent to an activating group) is 1. The summed E-state index contributed by atoms with van der Waals surface area (Å²) in [5.41, 5.74) is 1.21. The van der Waals surface area contributed by atoms with Crippen molar-refractivity contribution in [3.63, 3.8) is 0 Å². The Morgan fingerprint density at radius 3 is 2.50 bits per heavy atom. The molecule has 0 aliphatic carbocycles. The van der Waals surface area contributed by atoms with Gasteiger partial charge in [0.2, 0.25) is 0 Å². The van der Waals surface area contributed by atoms with Crippen LogP contribution in [0.4, 0.5) is 0 Å². The summed E-state index contributed by atoms with van der Waals surface area (Å²) in [5.74, 6) is 0.989. The van der Waals surface area contributed by atoms with Crippen LogP contribution in [-0.2, 0) is 6.54 Å². The Morgan fingerprint density at radius 2 is 1.80 bits per heavy atom. The van der Waals surface area contributed by atoms with Crippen molar-refractivity contribution in [2.24, 2.45) is 0 Å². The van der Waals surface area contributed by atoms with E-state index in [0.29, 0.717) is 0 Å². The van der Waals surface area contributed by atoms with E-state index in [2.05, 4.69) is 42.3 Å². The Hall–Kier alpha value is -1.10. The molecule has 1 aromatic carbocycles. The van der Waals surface area contributed by atoms with Gasteiger partial charge in [-0.05, 0) is 53.8 Å². The van der Waals surface area contributed by atoms with Gasteiger partial charge in [0.1, 0.15) is 12.4 Å². The Kier molecular flexibility index (Phi) is 8.26. The van der Waals surface area contributed by atoms with E-state index >= 15 is 0 Å². The fraction of sp³-hybridized carbons (Fsp3) is 0.625. The minimum Gasteiger partial charge on any atom is -0.492 e. The molecule has 114 valence electrons. The number of para-hydroxylation sites is 1. The molecular weight excluding hydrogens is 250 g/mol. The van der Waals surface area contributed by atoms with Crippen molar-refractivity contribution < 1.29 is 4.74 Å². The molecule has 0 fully saturated rings. The summed E-state index contributed by atoms with van der Waals surface area (Å²) in [7, 11) is 8.33. The lowest BCUT2D eigenvalue weighted by Crippen LogP contribution is -2.27. The quantitative estimate of drug-likeness (QED) is 0.705. The maximum atomic E-state index is 5.90. The van der Waals surface area contributed by atoms with Crippen molar-refractivity contribution in [3.8, 4) is 5.75 Å². The molecule has 0 heterocycles. The molecule has 4 heteroatoms. The topological polar surface area (TPSA) is 27.7 Å². The average molecular weight is 279 g/mol. The maximum Gasteiger partial charge on any atom is 0.123 e. The third-order valence-electron chi connectivity index (χ3n) is 3.22. The molecule has 0 bridgehead atoms. The van der Waals surface area contributed by atoms with Crippen molar-refractivity contribution in [1.29, 1.82) is 0 Å². The van der Waals surface area contributed by atoms with Crippen LogP contribution in [0.2, 0.25) is 0 Å². The summed E-state index contributed by atoms with van der Waals surface area (Å²) in [5, 5.41) is 3.17. The SMILES string of the molecule is CNCc1ccccc1OCCN(C)CCCN(C)C. The molecule has 0 unspecified atom stereocenters. The van der Waals surface area contributed by atoms with Gasteiger partial charge in [-0.15, -0.1) is 0 Å². The molecule has 0 amide bonds. The fourth-order valence-electron chi connectivity index (χ4n) is 2.06. The summed E-state index contributed by atoms with van der Waals surface area (Å²) >= 11 is 0. The molecule has 0 atom stereocenters. The lowest BCUT2D eigenvalue weighted by molar-refractivity contribution is 0.228. The first-order valence-electron chi connectivity index (χ1n) is 7.32. The number of benzene rings is 1. The van der Waals surface area contributed by atoms with Gasteiger partial charge in [-0.25, -0.2) is 0 Å². The number of hydrogen-bond donors (Lipinski definition) is 1. The van der Waals surface area contributed by atoms with Crippen LogP contribution in [0.25, 0.3) is 0 Å². The van der Waals surface area contributed by atoms with Crippen LogP contribution in [-0.4, -0.2) is 64.2 Å². The first kappa shape index (κ1) is 17.0. The summed E-state index contributed by atoms with van der Waals surface area (Å²) < 4.78 is 5.90. The van der Waals surface area contributed by atoms with Crippen LogP contribution >= 0.6 is 0 Å². The predicted molar refractivity (Wildman–Crippen MR) is 85.4 cm³/mol. The highest BCUT2D eigenvalue weighted by molar-refractivity contribution is 5.33. The van der Waals surface area contributed by atoms with Gasteiger partial charge in [-0.3, -0.25) is 0 Å².